The summed E-state index contributed by atoms with van der Waals surface area (Å²) in [5.41, 5.74) is 0.426. The van der Waals surface area contributed by atoms with Crippen LogP contribution in [0.4, 0.5) is 4.79 Å². The molecule has 2 aromatic heterocycles. The lowest BCUT2D eigenvalue weighted by Crippen LogP contribution is -2.48. The highest BCUT2D eigenvalue weighted by Gasteiger charge is 2.23. The van der Waals surface area contributed by atoms with Gasteiger partial charge >= 0.3 is 12.0 Å². The normalized spacial score (nSPS) is 15.4. The summed E-state index contributed by atoms with van der Waals surface area (Å²) in [5, 5.41) is 5.64. The van der Waals surface area contributed by atoms with Gasteiger partial charge < -0.3 is 14.5 Å². The van der Waals surface area contributed by atoms with Gasteiger partial charge in [-0.1, -0.05) is 31.4 Å². The average Bonchev–Trinajstić information content (AvgIpc) is 3.16. The van der Waals surface area contributed by atoms with Gasteiger partial charge in [0.1, 0.15) is 17.6 Å². The molecular formula is C22H24N4O6. The summed E-state index contributed by atoms with van der Waals surface area (Å²) in [6.45, 7) is 0.898. The predicted octanol–water partition coefficient (Wildman–Crippen LogP) is 2.23. The molecule has 1 aliphatic carbocycles. The molecule has 1 saturated carbocycles. The molecule has 1 aliphatic rings. The lowest BCUT2D eigenvalue weighted by Gasteiger charge is -2.23. The number of esters is 1. The van der Waals surface area contributed by atoms with Gasteiger partial charge in [-0.25, -0.2) is 9.78 Å². The number of furan rings is 1. The molecule has 0 aliphatic heterocycles. The Hall–Kier alpha value is -3.69. The number of imide groups is 1. The minimum atomic E-state index is -1.21. The molecule has 3 aromatic rings. The molecule has 168 valence electrons. The third-order valence-corrected chi connectivity index (χ3v) is 5.50. The summed E-state index contributed by atoms with van der Waals surface area (Å²) in [6, 6.07) is 6.53. The molecule has 3 amide bonds. The van der Waals surface area contributed by atoms with Gasteiger partial charge in [-0.2, -0.15) is 0 Å². The number of nitrogens with zero attached hydrogens (tertiary/aromatic N) is 2. The average molecular weight is 440 g/mol. The maximum atomic E-state index is 12.7. The highest BCUT2D eigenvalue weighted by molar-refractivity contribution is 6.01. The van der Waals surface area contributed by atoms with E-state index in [2.05, 4.69) is 15.6 Å². The zero-order valence-electron chi connectivity index (χ0n) is 17.6. The summed E-state index contributed by atoms with van der Waals surface area (Å²) in [4.78, 5) is 53.3. The van der Waals surface area contributed by atoms with Crippen molar-refractivity contribution in [3.05, 3.63) is 40.9 Å². The van der Waals surface area contributed by atoms with Crippen LogP contribution in [0.3, 0.4) is 0 Å². The number of rotatable bonds is 5. The van der Waals surface area contributed by atoms with Crippen molar-refractivity contribution in [1.29, 1.82) is 0 Å². The van der Waals surface area contributed by atoms with Crippen LogP contribution in [0, 0.1) is 0 Å². The van der Waals surface area contributed by atoms with Crippen molar-refractivity contribution in [3.63, 3.8) is 0 Å². The number of para-hydroxylation sites is 1. The first-order chi connectivity index (χ1) is 15.4. The first kappa shape index (κ1) is 21.5. The van der Waals surface area contributed by atoms with E-state index < -0.39 is 36.1 Å². The number of urea groups is 1. The summed E-state index contributed by atoms with van der Waals surface area (Å²) < 4.78 is 11.7. The monoisotopic (exact) mass is 440 g/mol. The quantitative estimate of drug-likeness (QED) is 0.581. The maximum Gasteiger partial charge on any atom is 0.326 e. The van der Waals surface area contributed by atoms with Crippen LogP contribution in [-0.4, -0.2) is 39.6 Å². The standard InChI is InChI=1S/C22H24N4O6/c1-13(20(28)25-22(30)24-14-7-3-2-4-8-14)31-17(27)11-26-12-23-18-15-9-5-6-10-16(15)32-19(18)21(26)29/h5-6,9-10,12-14H,2-4,7-8,11H2,1H3,(H2,24,25,28,30). The van der Waals surface area contributed by atoms with E-state index in [0.29, 0.717) is 16.5 Å². The third-order valence-electron chi connectivity index (χ3n) is 5.50. The van der Waals surface area contributed by atoms with Crippen molar-refractivity contribution in [2.45, 2.75) is 57.7 Å². The van der Waals surface area contributed by atoms with Gasteiger partial charge in [-0.15, -0.1) is 0 Å². The van der Waals surface area contributed by atoms with Crippen LogP contribution < -0.4 is 16.2 Å². The number of benzene rings is 1. The number of ether oxygens (including phenoxy) is 1. The predicted molar refractivity (Wildman–Crippen MR) is 115 cm³/mol. The highest BCUT2D eigenvalue weighted by Crippen LogP contribution is 2.24. The Kier molecular flexibility index (Phi) is 6.20. The second-order valence-corrected chi connectivity index (χ2v) is 7.88. The molecule has 2 heterocycles. The van der Waals surface area contributed by atoms with E-state index in [1.807, 2.05) is 6.07 Å². The number of hydrogen-bond acceptors (Lipinski definition) is 7. The van der Waals surface area contributed by atoms with Crippen molar-refractivity contribution in [2.24, 2.45) is 0 Å². The Morgan fingerprint density at radius 2 is 1.97 bits per heavy atom. The van der Waals surface area contributed by atoms with Crippen LogP contribution in [0.15, 0.2) is 39.8 Å². The van der Waals surface area contributed by atoms with Crippen molar-refractivity contribution in [2.75, 3.05) is 0 Å². The van der Waals surface area contributed by atoms with Gasteiger partial charge in [-0.3, -0.25) is 24.3 Å². The van der Waals surface area contributed by atoms with Gasteiger partial charge in [-0.05, 0) is 31.9 Å². The zero-order chi connectivity index (χ0) is 22.7. The molecule has 10 heteroatoms. The lowest BCUT2D eigenvalue weighted by molar-refractivity contribution is -0.155. The molecule has 10 nitrogen and oxygen atoms in total. The number of aromatic nitrogens is 2. The maximum absolute atomic E-state index is 12.7. The second-order valence-electron chi connectivity index (χ2n) is 7.88. The Morgan fingerprint density at radius 3 is 2.75 bits per heavy atom. The van der Waals surface area contributed by atoms with Crippen molar-refractivity contribution in [1.82, 2.24) is 20.2 Å². The zero-order valence-corrected chi connectivity index (χ0v) is 17.6. The van der Waals surface area contributed by atoms with E-state index in [-0.39, 0.29) is 11.6 Å². The molecule has 0 saturated heterocycles. The fraction of sp³-hybridized carbons (Fsp3) is 0.409. The van der Waals surface area contributed by atoms with Crippen LogP contribution in [0.1, 0.15) is 39.0 Å². The molecule has 0 radical (unpaired) electrons. The lowest BCUT2D eigenvalue weighted by atomic mass is 9.96. The molecule has 1 fully saturated rings. The summed E-state index contributed by atoms with van der Waals surface area (Å²) in [5.74, 6) is -1.57. The number of carbonyl (C=O) groups is 3. The molecule has 2 N–H and O–H groups in total. The van der Waals surface area contributed by atoms with E-state index in [0.717, 1.165) is 36.7 Å². The number of nitrogens with one attached hydrogen (secondary N) is 2. The van der Waals surface area contributed by atoms with Gasteiger partial charge in [0.2, 0.25) is 5.58 Å². The molecule has 4 rings (SSSR count). The smallest absolute Gasteiger partial charge is 0.326 e. The van der Waals surface area contributed by atoms with E-state index >= 15 is 0 Å². The van der Waals surface area contributed by atoms with Crippen LogP contribution in [0.5, 0.6) is 0 Å². The van der Waals surface area contributed by atoms with E-state index in [4.69, 9.17) is 9.15 Å². The van der Waals surface area contributed by atoms with Gasteiger partial charge in [0.15, 0.2) is 6.10 Å². The first-order valence-corrected chi connectivity index (χ1v) is 10.6. The topological polar surface area (TPSA) is 133 Å². The minimum Gasteiger partial charge on any atom is -0.451 e. The van der Waals surface area contributed by atoms with Crippen molar-refractivity contribution in [3.8, 4) is 0 Å². The Balaban J connectivity index is 1.35. The Labute approximate surface area is 182 Å². The fourth-order valence-electron chi connectivity index (χ4n) is 3.84. The minimum absolute atomic E-state index is 0.0340. The number of fused-ring (bicyclic) bond motifs is 3. The Bertz CT molecular complexity index is 1220. The summed E-state index contributed by atoms with van der Waals surface area (Å²) in [7, 11) is 0. The molecule has 0 spiro atoms. The van der Waals surface area contributed by atoms with Crippen LogP contribution in [0.2, 0.25) is 0 Å². The number of carbonyl (C=O) groups excluding carboxylic acids is 3. The van der Waals surface area contributed by atoms with Crippen molar-refractivity contribution < 1.29 is 23.5 Å². The molecular weight excluding hydrogens is 416 g/mol. The molecule has 1 aromatic carbocycles. The number of amides is 3. The largest absolute Gasteiger partial charge is 0.451 e. The van der Waals surface area contributed by atoms with E-state index in [9.17, 15) is 19.2 Å². The summed E-state index contributed by atoms with van der Waals surface area (Å²) >= 11 is 0. The second kappa shape index (κ2) is 9.21. The van der Waals surface area contributed by atoms with E-state index in [1.165, 1.54) is 13.3 Å². The van der Waals surface area contributed by atoms with Crippen molar-refractivity contribution >= 4 is 40.0 Å². The van der Waals surface area contributed by atoms with Crippen LogP contribution in [0.25, 0.3) is 22.1 Å². The van der Waals surface area contributed by atoms with Crippen LogP contribution >= 0.6 is 0 Å². The first-order valence-electron chi connectivity index (χ1n) is 10.6. The SMILES string of the molecule is CC(OC(=O)Cn1cnc2c(oc3ccccc32)c1=O)C(=O)NC(=O)NC1CCCCC1. The fourth-order valence-corrected chi connectivity index (χ4v) is 3.84. The Morgan fingerprint density at radius 1 is 1.22 bits per heavy atom. The van der Waals surface area contributed by atoms with E-state index in [1.54, 1.807) is 18.2 Å². The van der Waals surface area contributed by atoms with Gasteiger partial charge in [0.25, 0.3) is 11.5 Å². The van der Waals surface area contributed by atoms with Gasteiger partial charge in [0.05, 0.1) is 6.33 Å². The molecule has 32 heavy (non-hydrogen) atoms. The summed E-state index contributed by atoms with van der Waals surface area (Å²) in [6.07, 6.45) is 5.01. The number of hydrogen-bond donors (Lipinski definition) is 2. The molecule has 1 unspecified atom stereocenters. The molecule has 1 atom stereocenters. The van der Waals surface area contributed by atoms with Crippen LogP contribution in [-0.2, 0) is 20.9 Å². The van der Waals surface area contributed by atoms with Gasteiger partial charge in [0, 0.05) is 11.4 Å². The third kappa shape index (κ3) is 4.63. The highest BCUT2D eigenvalue weighted by atomic mass is 16.5. The molecule has 0 bridgehead atoms.